The van der Waals surface area contributed by atoms with Gasteiger partial charge in [-0.15, -0.1) is 0 Å². The molecule has 0 aliphatic carbocycles. The molecule has 2 saturated heterocycles. The van der Waals surface area contributed by atoms with Crippen LogP contribution in [0.3, 0.4) is 0 Å². The van der Waals surface area contributed by atoms with Crippen molar-refractivity contribution >= 4 is 17.4 Å². The normalized spacial score (nSPS) is 28.8. The molecule has 2 unspecified atom stereocenters. The number of benzene rings is 1. The predicted molar refractivity (Wildman–Crippen MR) is 79.2 cm³/mol. The van der Waals surface area contributed by atoms with Crippen LogP contribution in [0.1, 0.15) is 36.5 Å². The second-order valence-electron chi connectivity index (χ2n) is 5.76. The highest BCUT2D eigenvalue weighted by Crippen LogP contribution is 2.35. The zero-order valence-corrected chi connectivity index (χ0v) is 12.8. The van der Waals surface area contributed by atoms with E-state index in [2.05, 4.69) is 0 Å². The number of rotatable bonds is 3. The van der Waals surface area contributed by atoms with Crippen molar-refractivity contribution in [2.24, 2.45) is 0 Å². The molecule has 1 aromatic carbocycles. The van der Waals surface area contributed by atoms with E-state index in [1.807, 2.05) is 0 Å². The first-order chi connectivity index (χ1) is 10.1. The van der Waals surface area contributed by atoms with E-state index in [9.17, 15) is 4.79 Å². The molecule has 0 radical (unpaired) electrons. The largest absolute Gasteiger partial charge is 0.489 e. The maximum atomic E-state index is 11.7. The SMILES string of the molecule is CC(=O)c1cc(Cl)ccc1OC1CCOC2(CCOC2)C1. The topological polar surface area (TPSA) is 44.8 Å². The molecule has 2 fully saturated rings. The Hall–Kier alpha value is -1.10. The minimum atomic E-state index is -0.203. The number of Topliss-reactive ketones (excluding diaryl/α,β-unsaturated/α-hetero) is 1. The molecule has 1 aromatic rings. The molecule has 0 saturated carbocycles. The van der Waals surface area contributed by atoms with Gasteiger partial charge in [-0.05, 0) is 25.1 Å². The highest BCUT2D eigenvalue weighted by Gasteiger charge is 2.42. The Balaban J connectivity index is 1.75. The van der Waals surface area contributed by atoms with E-state index >= 15 is 0 Å². The summed E-state index contributed by atoms with van der Waals surface area (Å²) in [5.41, 5.74) is 0.330. The highest BCUT2D eigenvalue weighted by atomic mass is 35.5. The molecular weight excluding hydrogens is 292 g/mol. The summed E-state index contributed by atoms with van der Waals surface area (Å²) < 4.78 is 17.4. The lowest BCUT2D eigenvalue weighted by Gasteiger charge is -2.37. The van der Waals surface area contributed by atoms with Gasteiger partial charge < -0.3 is 14.2 Å². The average molecular weight is 311 g/mol. The summed E-state index contributed by atoms with van der Waals surface area (Å²) in [6.07, 6.45) is 2.57. The lowest BCUT2D eigenvalue weighted by atomic mass is 9.91. The summed E-state index contributed by atoms with van der Waals surface area (Å²) in [6.45, 7) is 3.56. The zero-order chi connectivity index (χ0) is 14.9. The van der Waals surface area contributed by atoms with Gasteiger partial charge in [0.25, 0.3) is 0 Å². The quantitative estimate of drug-likeness (QED) is 0.804. The van der Waals surface area contributed by atoms with Gasteiger partial charge in [0, 0.05) is 30.9 Å². The number of ether oxygens (including phenoxy) is 3. The minimum absolute atomic E-state index is 0.0414. The molecule has 114 valence electrons. The molecular formula is C16H19ClO4. The molecule has 0 amide bonds. The number of carbonyl (C=O) groups excluding carboxylic acids is 1. The average Bonchev–Trinajstić information content (AvgIpc) is 2.88. The van der Waals surface area contributed by atoms with Crippen LogP contribution < -0.4 is 4.74 Å². The lowest BCUT2D eigenvalue weighted by Crippen LogP contribution is -2.44. The zero-order valence-electron chi connectivity index (χ0n) is 12.1. The van der Waals surface area contributed by atoms with Crippen molar-refractivity contribution in [3.8, 4) is 5.75 Å². The molecule has 2 aliphatic rings. The monoisotopic (exact) mass is 310 g/mol. The van der Waals surface area contributed by atoms with Crippen molar-refractivity contribution in [1.29, 1.82) is 0 Å². The Morgan fingerprint density at radius 1 is 1.43 bits per heavy atom. The molecule has 3 rings (SSSR count). The van der Waals surface area contributed by atoms with Crippen LogP contribution in [0.5, 0.6) is 5.75 Å². The van der Waals surface area contributed by atoms with E-state index < -0.39 is 0 Å². The van der Waals surface area contributed by atoms with Crippen molar-refractivity contribution in [1.82, 2.24) is 0 Å². The van der Waals surface area contributed by atoms with Gasteiger partial charge in [-0.2, -0.15) is 0 Å². The van der Waals surface area contributed by atoms with Crippen molar-refractivity contribution in [2.45, 2.75) is 37.9 Å². The van der Waals surface area contributed by atoms with Crippen LogP contribution in [0.15, 0.2) is 18.2 Å². The molecule has 21 heavy (non-hydrogen) atoms. The third-order valence-electron chi connectivity index (χ3n) is 4.13. The fourth-order valence-electron chi connectivity index (χ4n) is 3.01. The first kappa shape index (κ1) is 14.8. The van der Waals surface area contributed by atoms with Gasteiger partial charge in [0.2, 0.25) is 0 Å². The molecule has 2 atom stereocenters. The van der Waals surface area contributed by atoms with E-state index in [1.165, 1.54) is 6.92 Å². The van der Waals surface area contributed by atoms with E-state index in [0.717, 1.165) is 25.9 Å². The summed E-state index contributed by atoms with van der Waals surface area (Å²) >= 11 is 5.96. The second-order valence-corrected chi connectivity index (χ2v) is 6.20. The fraction of sp³-hybridized carbons (Fsp3) is 0.562. The van der Waals surface area contributed by atoms with Crippen molar-refractivity contribution in [2.75, 3.05) is 19.8 Å². The van der Waals surface area contributed by atoms with Crippen LogP contribution in [0.2, 0.25) is 5.02 Å². The van der Waals surface area contributed by atoms with Gasteiger partial charge in [0.05, 0.1) is 24.4 Å². The summed E-state index contributed by atoms with van der Waals surface area (Å²) in [4.78, 5) is 11.7. The standard InChI is InChI=1S/C16H19ClO4/c1-11(18)14-8-12(17)2-3-15(14)21-13-4-6-20-16(9-13)5-7-19-10-16/h2-3,8,13H,4-7,9-10H2,1H3. The summed E-state index contributed by atoms with van der Waals surface area (Å²) in [7, 11) is 0. The first-order valence-corrected chi connectivity index (χ1v) is 7.65. The molecule has 2 aliphatic heterocycles. The molecule has 0 N–H and O–H groups in total. The lowest BCUT2D eigenvalue weighted by molar-refractivity contribution is -0.112. The van der Waals surface area contributed by atoms with Crippen molar-refractivity contribution in [3.63, 3.8) is 0 Å². The molecule has 2 heterocycles. The Morgan fingerprint density at radius 2 is 2.29 bits per heavy atom. The molecule has 5 heteroatoms. The van der Waals surface area contributed by atoms with Crippen molar-refractivity contribution in [3.05, 3.63) is 28.8 Å². The van der Waals surface area contributed by atoms with E-state index in [1.54, 1.807) is 18.2 Å². The summed E-state index contributed by atoms with van der Waals surface area (Å²) in [5.74, 6) is 0.561. The van der Waals surface area contributed by atoms with Gasteiger partial charge in [0.1, 0.15) is 11.9 Å². The predicted octanol–water partition coefficient (Wildman–Crippen LogP) is 3.26. The van der Waals surface area contributed by atoms with Crippen LogP contribution in [0.25, 0.3) is 0 Å². The highest BCUT2D eigenvalue weighted by molar-refractivity contribution is 6.31. The maximum Gasteiger partial charge on any atom is 0.163 e. The summed E-state index contributed by atoms with van der Waals surface area (Å²) in [5, 5.41) is 0.542. The summed E-state index contributed by atoms with van der Waals surface area (Å²) in [6, 6.07) is 5.18. The van der Waals surface area contributed by atoms with Gasteiger partial charge in [0.15, 0.2) is 5.78 Å². The Kier molecular flexibility index (Phi) is 4.20. The van der Waals surface area contributed by atoms with E-state index in [4.69, 9.17) is 25.8 Å². The van der Waals surface area contributed by atoms with Gasteiger partial charge in [-0.1, -0.05) is 11.6 Å². The van der Waals surface area contributed by atoms with Crippen LogP contribution >= 0.6 is 11.6 Å². The molecule has 0 aromatic heterocycles. The smallest absolute Gasteiger partial charge is 0.163 e. The van der Waals surface area contributed by atoms with Crippen LogP contribution in [-0.2, 0) is 9.47 Å². The number of ketones is 1. The van der Waals surface area contributed by atoms with E-state index in [-0.39, 0.29) is 17.5 Å². The number of halogens is 1. The second kappa shape index (κ2) is 5.95. The third kappa shape index (κ3) is 3.23. The van der Waals surface area contributed by atoms with Crippen LogP contribution in [0, 0.1) is 0 Å². The van der Waals surface area contributed by atoms with Crippen LogP contribution in [0.4, 0.5) is 0 Å². The first-order valence-electron chi connectivity index (χ1n) is 7.27. The van der Waals surface area contributed by atoms with Gasteiger partial charge >= 0.3 is 0 Å². The fourth-order valence-corrected chi connectivity index (χ4v) is 3.18. The molecule has 4 nitrogen and oxygen atoms in total. The Bertz CT molecular complexity index is 537. The third-order valence-corrected chi connectivity index (χ3v) is 4.36. The minimum Gasteiger partial charge on any atom is -0.489 e. The van der Waals surface area contributed by atoms with Crippen LogP contribution in [-0.4, -0.2) is 37.3 Å². The molecule has 1 spiro atoms. The maximum absolute atomic E-state index is 11.7. The van der Waals surface area contributed by atoms with Gasteiger partial charge in [-0.25, -0.2) is 0 Å². The molecule has 0 bridgehead atoms. The van der Waals surface area contributed by atoms with Crippen molar-refractivity contribution < 1.29 is 19.0 Å². The number of hydrogen-bond donors (Lipinski definition) is 0. The number of carbonyl (C=O) groups is 1. The Morgan fingerprint density at radius 3 is 3.00 bits per heavy atom. The Labute approximate surface area is 129 Å². The van der Waals surface area contributed by atoms with Gasteiger partial charge in [-0.3, -0.25) is 4.79 Å². The van der Waals surface area contributed by atoms with E-state index in [0.29, 0.717) is 29.5 Å². The number of hydrogen-bond acceptors (Lipinski definition) is 4.